The molecule has 0 radical (unpaired) electrons. The van der Waals surface area contributed by atoms with Crippen molar-refractivity contribution in [3.8, 4) is 11.5 Å². The zero-order valence-corrected chi connectivity index (χ0v) is 13.3. The number of nitrogens with one attached hydrogen (secondary N) is 2. The van der Waals surface area contributed by atoms with Crippen LogP contribution in [0.5, 0.6) is 11.5 Å². The van der Waals surface area contributed by atoms with Crippen LogP contribution >= 0.6 is 0 Å². The Hall–Kier alpha value is -3.10. The van der Waals surface area contributed by atoms with Crippen LogP contribution in [-0.2, 0) is 0 Å². The minimum atomic E-state index is -2.99. The van der Waals surface area contributed by atoms with Crippen LogP contribution in [0.1, 0.15) is 20.9 Å². The minimum Gasteiger partial charge on any atom is -0.493 e. The van der Waals surface area contributed by atoms with Gasteiger partial charge in [-0.05, 0) is 30.3 Å². The maximum atomic E-state index is 12.3. The Balaban J connectivity index is 1.85. The third-order valence-corrected chi connectivity index (χ3v) is 3.08. The first kappa shape index (κ1) is 18.2. The Labute approximate surface area is 141 Å². The van der Waals surface area contributed by atoms with E-state index in [1.165, 1.54) is 37.6 Å². The molecule has 0 bridgehead atoms. The Bertz CT molecular complexity index is 719. The van der Waals surface area contributed by atoms with Crippen LogP contribution in [0, 0.1) is 0 Å². The normalized spacial score (nSPS) is 10.4. The summed E-state index contributed by atoms with van der Waals surface area (Å²) >= 11 is 0. The first-order valence-corrected chi connectivity index (χ1v) is 7.24. The first-order valence-electron chi connectivity index (χ1n) is 7.24. The molecule has 7 nitrogen and oxygen atoms in total. The van der Waals surface area contributed by atoms with E-state index in [-0.39, 0.29) is 35.9 Å². The second-order valence-electron chi connectivity index (χ2n) is 4.73. The molecule has 2 amide bonds. The fraction of sp³-hybridized carbons (Fsp3) is 0.250. The van der Waals surface area contributed by atoms with Gasteiger partial charge in [0.25, 0.3) is 11.8 Å². The zero-order chi connectivity index (χ0) is 18.2. The Kier molecular flexibility index (Phi) is 6.33. The molecule has 0 aliphatic heterocycles. The van der Waals surface area contributed by atoms with Gasteiger partial charge in [-0.1, -0.05) is 0 Å². The van der Waals surface area contributed by atoms with Crippen molar-refractivity contribution < 1.29 is 32.3 Å². The van der Waals surface area contributed by atoms with Gasteiger partial charge in [-0.3, -0.25) is 9.59 Å². The number of ether oxygens (including phenoxy) is 2. The summed E-state index contributed by atoms with van der Waals surface area (Å²) in [5.74, 6) is -0.826. The van der Waals surface area contributed by atoms with E-state index in [0.717, 1.165) is 0 Å². The van der Waals surface area contributed by atoms with Gasteiger partial charge in [0, 0.05) is 18.7 Å². The van der Waals surface area contributed by atoms with Crippen molar-refractivity contribution in [1.29, 1.82) is 0 Å². The number of carbonyl (C=O) groups is 2. The molecule has 2 aromatic rings. The second kappa shape index (κ2) is 8.67. The van der Waals surface area contributed by atoms with Gasteiger partial charge in [0.05, 0.1) is 13.4 Å². The van der Waals surface area contributed by atoms with E-state index >= 15 is 0 Å². The lowest BCUT2D eigenvalue weighted by Crippen LogP contribution is -2.34. The fourth-order valence-electron chi connectivity index (χ4n) is 1.95. The van der Waals surface area contributed by atoms with Gasteiger partial charge >= 0.3 is 6.61 Å². The quantitative estimate of drug-likeness (QED) is 0.708. The number of alkyl halides is 2. The minimum absolute atomic E-state index is 0.0130. The van der Waals surface area contributed by atoms with Crippen molar-refractivity contribution in [3.63, 3.8) is 0 Å². The number of hydrogen-bond donors (Lipinski definition) is 2. The summed E-state index contributed by atoms with van der Waals surface area (Å²) in [5.41, 5.74) is 0.204. The van der Waals surface area contributed by atoms with E-state index in [1.54, 1.807) is 6.07 Å². The molecule has 0 spiro atoms. The molecule has 0 unspecified atom stereocenters. The third kappa shape index (κ3) is 5.20. The van der Waals surface area contributed by atoms with E-state index in [4.69, 9.17) is 9.15 Å². The maximum Gasteiger partial charge on any atom is 0.387 e. The fourth-order valence-corrected chi connectivity index (χ4v) is 1.95. The molecule has 0 saturated carbocycles. The van der Waals surface area contributed by atoms with Crippen molar-refractivity contribution >= 4 is 11.8 Å². The molecule has 2 rings (SSSR count). The standard InChI is InChI=1S/C16H16F2N2O5/c1-23-13-9-10(4-5-11(13)25-16(17)18)14(21)19-6-7-20-15(22)12-3-2-8-24-12/h2-5,8-9,16H,6-7H2,1H3,(H,19,21)(H,20,22). The average Bonchev–Trinajstić information content (AvgIpc) is 3.12. The van der Waals surface area contributed by atoms with Crippen LogP contribution in [0.2, 0.25) is 0 Å². The van der Waals surface area contributed by atoms with Gasteiger partial charge in [-0.25, -0.2) is 0 Å². The molecule has 1 aromatic heterocycles. The molecule has 25 heavy (non-hydrogen) atoms. The summed E-state index contributed by atoms with van der Waals surface area (Å²) in [4.78, 5) is 23.7. The summed E-state index contributed by atoms with van der Waals surface area (Å²) in [5, 5.41) is 5.15. The second-order valence-corrected chi connectivity index (χ2v) is 4.73. The average molecular weight is 354 g/mol. The van der Waals surface area contributed by atoms with E-state index in [9.17, 15) is 18.4 Å². The lowest BCUT2D eigenvalue weighted by molar-refractivity contribution is -0.0512. The van der Waals surface area contributed by atoms with Crippen molar-refractivity contribution in [1.82, 2.24) is 10.6 Å². The highest BCUT2D eigenvalue weighted by Crippen LogP contribution is 2.29. The van der Waals surface area contributed by atoms with Crippen molar-refractivity contribution in [3.05, 3.63) is 47.9 Å². The topological polar surface area (TPSA) is 89.8 Å². The Morgan fingerprint density at radius 3 is 2.44 bits per heavy atom. The number of methoxy groups -OCH3 is 1. The van der Waals surface area contributed by atoms with Crippen LogP contribution < -0.4 is 20.1 Å². The summed E-state index contributed by atoms with van der Waals surface area (Å²) < 4.78 is 38.7. The van der Waals surface area contributed by atoms with E-state index in [1.807, 2.05) is 0 Å². The summed E-state index contributed by atoms with van der Waals surface area (Å²) in [7, 11) is 1.28. The van der Waals surface area contributed by atoms with Gasteiger partial charge in [0.1, 0.15) is 0 Å². The highest BCUT2D eigenvalue weighted by atomic mass is 19.3. The van der Waals surface area contributed by atoms with Gasteiger partial charge in [0.15, 0.2) is 17.3 Å². The van der Waals surface area contributed by atoms with Crippen LogP contribution in [0.15, 0.2) is 41.0 Å². The Morgan fingerprint density at radius 2 is 1.84 bits per heavy atom. The van der Waals surface area contributed by atoms with Gasteiger partial charge in [-0.15, -0.1) is 0 Å². The van der Waals surface area contributed by atoms with Crippen LogP contribution in [0.3, 0.4) is 0 Å². The largest absolute Gasteiger partial charge is 0.493 e. The number of amides is 2. The van der Waals surface area contributed by atoms with Crippen LogP contribution in [-0.4, -0.2) is 38.6 Å². The predicted molar refractivity (Wildman–Crippen MR) is 83.0 cm³/mol. The summed E-state index contributed by atoms with van der Waals surface area (Å²) in [6.45, 7) is -2.64. The Morgan fingerprint density at radius 1 is 1.12 bits per heavy atom. The smallest absolute Gasteiger partial charge is 0.387 e. The molecule has 1 aromatic carbocycles. The van der Waals surface area contributed by atoms with E-state index in [2.05, 4.69) is 15.4 Å². The number of carbonyl (C=O) groups excluding carboxylic acids is 2. The van der Waals surface area contributed by atoms with Crippen LogP contribution in [0.25, 0.3) is 0 Å². The molecule has 2 N–H and O–H groups in total. The summed E-state index contributed by atoms with van der Waals surface area (Å²) in [6, 6.07) is 6.94. The molecular formula is C16H16F2N2O5. The number of halogens is 2. The molecular weight excluding hydrogens is 338 g/mol. The zero-order valence-electron chi connectivity index (χ0n) is 13.3. The molecule has 0 aliphatic rings. The highest BCUT2D eigenvalue weighted by Gasteiger charge is 2.14. The molecule has 0 saturated heterocycles. The van der Waals surface area contributed by atoms with E-state index in [0.29, 0.717) is 0 Å². The third-order valence-electron chi connectivity index (χ3n) is 3.08. The summed E-state index contributed by atoms with van der Waals surface area (Å²) in [6.07, 6.45) is 1.38. The van der Waals surface area contributed by atoms with Crippen molar-refractivity contribution in [2.45, 2.75) is 6.61 Å². The van der Waals surface area contributed by atoms with Gasteiger partial charge < -0.3 is 24.5 Å². The van der Waals surface area contributed by atoms with Crippen LogP contribution in [0.4, 0.5) is 8.78 Å². The number of rotatable bonds is 8. The highest BCUT2D eigenvalue weighted by molar-refractivity contribution is 5.95. The van der Waals surface area contributed by atoms with E-state index < -0.39 is 18.4 Å². The number of benzene rings is 1. The van der Waals surface area contributed by atoms with Gasteiger partial charge in [-0.2, -0.15) is 8.78 Å². The molecule has 0 fully saturated rings. The molecule has 134 valence electrons. The van der Waals surface area contributed by atoms with Gasteiger partial charge in [0.2, 0.25) is 0 Å². The monoisotopic (exact) mass is 354 g/mol. The number of hydrogen-bond acceptors (Lipinski definition) is 5. The lowest BCUT2D eigenvalue weighted by Gasteiger charge is -2.11. The predicted octanol–water partition coefficient (Wildman–Crippen LogP) is 2.05. The molecule has 0 aliphatic carbocycles. The SMILES string of the molecule is COc1cc(C(=O)NCCNC(=O)c2ccco2)ccc1OC(F)F. The molecule has 1 heterocycles. The molecule has 9 heteroatoms. The maximum absolute atomic E-state index is 12.3. The lowest BCUT2D eigenvalue weighted by atomic mass is 10.2. The molecule has 0 atom stereocenters. The number of furan rings is 1. The first-order chi connectivity index (χ1) is 12.0. The van der Waals surface area contributed by atoms with Crippen molar-refractivity contribution in [2.75, 3.05) is 20.2 Å². The van der Waals surface area contributed by atoms with Crippen molar-refractivity contribution in [2.24, 2.45) is 0 Å².